The summed E-state index contributed by atoms with van der Waals surface area (Å²) >= 11 is 1.75. The van der Waals surface area contributed by atoms with Crippen molar-refractivity contribution in [3.63, 3.8) is 0 Å². The van der Waals surface area contributed by atoms with E-state index < -0.39 is 0 Å². The van der Waals surface area contributed by atoms with Crippen molar-refractivity contribution in [2.45, 2.75) is 41.0 Å². The molecule has 0 saturated carbocycles. The van der Waals surface area contributed by atoms with Gasteiger partial charge in [-0.3, -0.25) is 0 Å². The number of rotatable bonds is 2. The number of benzene rings is 2. The van der Waals surface area contributed by atoms with E-state index in [1.807, 2.05) is 13.8 Å². The zero-order valence-corrected chi connectivity index (χ0v) is 19.1. The third-order valence-corrected chi connectivity index (χ3v) is 7.30. The molecule has 2 aromatic carbocycles. The van der Waals surface area contributed by atoms with Gasteiger partial charge in [0.2, 0.25) is 5.75 Å². The highest BCUT2D eigenvalue weighted by molar-refractivity contribution is 7.19. The molecule has 5 rings (SSSR count). The van der Waals surface area contributed by atoms with Crippen LogP contribution in [0.5, 0.6) is 11.5 Å². The van der Waals surface area contributed by atoms with Gasteiger partial charge in [-0.05, 0) is 75.2 Å². The summed E-state index contributed by atoms with van der Waals surface area (Å²) in [5, 5.41) is 13.1. The lowest BCUT2D eigenvalue weighted by molar-refractivity contribution is -0.659. The maximum absolute atomic E-state index is 9.47. The van der Waals surface area contributed by atoms with E-state index in [9.17, 15) is 5.26 Å². The summed E-state index contributed by atoms with van der Waals surface area (Å²) in [7, 11) is 2.10. The number of fused-ring (bicyclic) bond motifs is 4. The third-order valence-electron chi connectivity index (χ3n) is 6.15. The van der Waals surface area contributed by atoms with Crippen LogP contribution >= 0.6 is 11.3 Å². The lowest BCUT2D eigenvalue weighted by Crippen LogP contribution is -2.32. The Morgan fingerprint density at radius 1 is 1.10 bits per heavy atom. The number of aryl methyl sites for hydroxylation is 3. The van der Waals surface area contributed by atoms with Crippen molar-refractivity contribution in [3.8, 4) is 28.8 Å². The molecular formula is C26H25N2OS+. The number of nitriles is 1. The van der Waals surface area contributed by atoms with Gasteiger partial charge in [0.25, 0.3) is 5.69 Å². The zero-order chi connectivity index (χ0) is 21.4. The summed E-state index contributed by atoms with van der Waals surface area (Å²) in [4.78, 5) is 1.22. The van der Waals surface area contributed by atoms with Crippen molar-refractivity contribution in [2.24, 2.45) is 12.5 Å². The maximum atomic E-state index is 9.47. The molecule has 0 amide bonds. The number of nitrogens with zero attached hydrogens (tertiary/aromatic N) is 2. The number of pyridine rings is 1. The highest BCUT2D eigenvalue weighted by Crippen LogP contribution is 2.51. The van der Waals surface area contributed by atoms with Gasteiger partial charge in [-0.1, -0.05) is 12.1 Å². The zero-order valence-electron chi connectivity index (χ0n) is 18.3. The van der Waals surface area contributed by atoms with E-state index in [0.717, 1.165) is 28.3 Å². The van der Waals surface area contributed by atoms with E-state index in [-0.39, 0.29) is 5.41 Å². The minimum atomic E-state index is -0.382. The Hall–Kier alpha value is -2.90. The van der Waals surface area contributed by atoms with E-state index in [1.165, 1.54) is 43.3 Å². The highest BCUT2D eigenvalue weighted by Gasteiger charge is 2.33. The first kappa shape index (κ1) is 19.1. The van der Waals surface area contributed by atoms with Gasteiger partial charge in [0.1, 0.15) is 12.8 Å². The Morgan fingerprint density at radius 3 is 2.60 bits per heavy atom. The molecule has 3 heterocycles. The van der Waals surface area contributed by atoms with Gasteiger partial charge in [0.05, 0.1) is 27.1 Å². The normalized spacial score (nSPS) is 12.7. The molecule has 4 aromatic rings. The molecule has 0 fully saturated rings. The summed E-state index contributed by atoms with van der Waals surface area (Å²) in [6.45, 7) is 10.5. The van der Waals surface area contributed by atoms with Gasteiger partial charge >= 0.3 is 0 Å². The molecule has 1 aliphatic heterocycles. The van der Waals surface area contributed by atoms with Crippen molar-refractivity contribution in [3.05, 3.63) is 52.0 Å². The Bertz CT molecular complexity index is 1420. The molecule has 0 radical (unpaired) electrons. The van der Waals surface area contributed by atoms with Crippen LogP contribution in [0.25, 0.3) is 32.1 Å². The van der Waals surface area contributed by atoms with E-state index in [1.54, 1.807) is 11.3 Å². The summed E-state index contributed by atoms with van der Waals surface area (Å²) < 4.78 is 9.98. The van der Waals surface area contributed by atoms with Crippen LogP contribution in [-0.2, 0) is 13.5 Å². The number of hydrogen-bond acceptors (Lipinski definition) is 3. The average Bonchev–Trinajstić information content (AvgIpc) is 3.06. The van der Waals surface area contributed by atoms with Gasteiger partial charge in [-0.25, -0.2) is 0 Å². The van der Waals surface area contributed by atoms with Crippen LogP contribution in [0.15, 0.2) is 30.5 Å². The molecule has 0 atom stereocenters. The third kappa shape index (κ3) is 2.73. The molecule has 4 heteroatoms. The van der Waals surface area contributed by atoms with Crippen molar-refractivity contribution in [1.82, 2.24) is 0 Å². The molecule has 2 aromatic heterocycles. The first-order valence-corrected chi connectivity index (χ1v) is 11.1. The number of aromatic nitrogens is 1. The summed E-state index contributed by atoms with van der Waals surface area (Å²) in [6.07, 6.45) is 2.94. The summed E-state index contributed by atoms with van der Waals surface area (Å²) in [5.74, 6) is 1.88. The molecule has 0 saturated heterocycles. The SMILES string of the molecule is Cc1cc2c3c(c(C)c(C)cc3c1)-c1c(c3sc(CC(C)(C)C#N)cc3c[n+]1C)O2. The van der Waals surface area contributed by atoms with Crippen LogP contribution in [0.4, 0.5) is 0 Å². The first-order chi connectivity index (χ1) is 14.2. The molecule has 1 aliphatic rings. The van der Waals surface area contributed by atoms with Crippen molar-refractivity contribution in [1.29, 1.82) is 5.26 Å². The number of ether oxygens (including phenoxy) is 1. The Labute approximate surface area is 181 Å². The second-order valence-corrected chi connectivity index (χ2v) is 10.4. The Morgan fingerprint density at radius 2 is 1.87 bits per heavy atom. The minimum Gasteiger partial charge on any atom is -0.448 e. The van der Waals surface area contributed by atoms with Gasteiger partial charge in [0, 0.05) is 10.3 Å². The van der Waals surface area contributed by atoms with Crippen LogP contribution < -0.4 is 9.30 Å². The van der Waals surface area contributed by atoms with Gasteiger partial charge < -0.3 is 4.74 Å². The number of hydrogen-bond donors (Lipinski definition) is 0. The Balaban J connectivity index is 1.84. The van der Waals surface area contributed by atoms with Gasteiger partial charge in [0.15, 0.2) is 6.20 Å². The fourth-order valence-electron chi connectivity index (χ4n) is 4.59. The standard InChI is InChI=1S/C26H25N2OS/c1-14-7-17-9-15(2)16(3)21-22(17)20(8-14)29-24-23(21)28(6)12-18-10-19(30-25(18)24)11-26(4,5)13-27/h7-10,12H,11H2,1-6H3/q+1. The highest BCUT2D eigenvalue weighted by atomic mass is 32.1. The van der Waals surface area contributed by atoms with Crippen LogP contribution in [0.3, 0.4) is 0 Å². The smallest absolute Gasteiger partial charge is 0.257 e. The molecule has 0 unspecified atom stereocenters. The lowest BCUT2D eigenvalue weighted by atomic mass is 9.89. The molecular weight excluding hydrogens is 388 g/mol. The van der Waals surface area contributed by atoms with Crippen LogP contribution in [-0.4, -0.2) is 0 Å². The molecule has 0 N–H and O–H groups in total. The molecule has 0 spiro atoms. The fourth-order valence-corrected chi connectivity index (χ4v) is 5.94. The second-order valence-electron chi connectivity index (χ2n) is 9.24. The predicted molar refractivity (Wildman–Crippen MR) is 123 cm³/mol. The van der Waals surface area contributed by atoms with E-state index >= 15 is 0 Å². The van der Waals surface area contributed by atoms with Crippen molar-refractivity contribution >= 4 is 32.2 Å². The quantitative estimate of drug-likeness (QED) is 0.303. The van der Waals surface area contributed by atoms with E-state index in [2.05, 4.69) is 68.9 Å². The molecule has 0 aliphatic carbocycles. The maximum Gasteiger partial charge on any atom is 0.257 e. The minimum absolute atomic E-state index is 0.382. The van der Waals surface area contributed by atoms with Crippen LogP contribution in [0.1, 0.15) is 35.4 Å². The number of thiophene rings is 1. The monoisotopic (exact) mass is 413 g/mol. The van der Waals surface area contributed by atoms with Gasteiger partial charge in [-0.2, -0.15) is 9.83 Å². The topological polar surface area (TPSA) is 36.9 Å². The van der Waals surface area contributed by atoms with Crippen LogP contribution in [0.2, 0.25) is 0 Å². The van der Waals surface area contributed by atoms with E-state index in [0.29, 0.717) is 0 Å². The molecule has 30 heavy (non-hydrogen) atoms. The molecule has 150 valence electrons. The lowest BCUT2D eigenvalue weighted by Gasteiger charge is -2.22. The fraction of sp³-hybridized carbons (Fsp3) is 0.308. The van der Waals surface area contributed by atoms with Gasteiger partial charge in [-0.15, -0.1) is 11.3 Å². The molecule has 3 nitrogen and oxygen atoms in total. The largest absolute Gasteiger partial charge is 0.448 e. The Kier molecular flexibility index (Phi) is 4.01. The summed E-state index contributed by atoms with van der Waals surface area (Å²) in [5.41, 5.74) is 5.83. The summed E-state index contributed by atoms with van der Waals surface area (Å²) in [6, 6.07) is 11.3. The van der Waals surface area contributed by atoms with E-state index in [4.69, 9.17) is 4.74 Å². The predicted octanol–water partition coefficient (Wildman–Crippen LogP) is 6.67. The van der Waals surface area contributed by atoms with Crippen molar-refractivity contribution < 1.29 is 9.30 Å². The average molecular weight is 414 g/mol. The van der Waals surface area contributed by atoms with Crippen LogP contribution in [0, 0.1) is 37.5 Å². The second kappa shape index (κ2) is 6.30. The molecule has 0 bridgehead atoms. The first-order valence-electron chi connectivity index (χ1n) is 10.3. The van der Waals surface area contributed by atoms with Crippen molar-refractivity contribution in [2.75, 3.05) is 0 Å².